The van der Waals surface area contributed by atoms with E-state index in [9.17, 15) is 0 Å². The summed E-state index contributed by atoms with van der Waals surface area (Å²) < 4.78 is 5.20. The van der Waals surface area contributed by atoms with Crippen LogP contribution in [0.3, 0.4) is 0 Å². The molecule has 1 saturated heterocycles. The van der Waals surface area contributed by atoms with Crippen molar-refractivity contribution in [3.63, 3.8) is 0 Å². The topological polar surface area (TPSA) is 15.8 Å². The van der Waals surface area contributed by atoms with E-state index in [1.54, 1.807) is 0 Å². The molecule has 1 atom stereocenters. The maximum Gasteiger partial charge on any atom is 0.0936 e. The molecule has 1 saturated carbocycles. The van der Waals surface area contributed by atoms with Gasteiger partial charge in [0.1, 0.15) is 0 Å². The molecule has 2 fully saturated rings. The lowest BCUT2D eigenvalue weighted by Gasteiger charge is -2.22. The average molecular weight is 155 g/mol. The highest BCUT2D eigenvalue weighted by molar-refractivity contribution is 4.80. The number of ether oxygens (including phenoxy) is 1. The summed E-state index contributed by atoms with van der Waals surface area (Å²) in [6, 6.07) is 0.860. The summed E-state index contributed by atoms with van der Waals surface area (Å²) in [4.78, 5) is 2.48. The van der Waals surface area contributed by atoms with E-state index in [1.807, 2.05) is 0 Å². The highest BCUT2D eigenvalue weighted by atomic mass is 16.6. The molecule has 0 spiro atoms. The monoisotopic (exact) mass is 155 g/mol. The molecule has 0 aromatic heterocycles. The van der Waals surface area contributed by atoms with Gasteiger partial charge in [-0.15, -0.1) is 0 Å². The molecule has 0 bridgehead atoms. The molecular weight excluding hydrogens is 138 g/mol. The Morgan fingerprint density at radius 2 is 2.00 bits per heavy atom. The van der Waals surface area contributed by atoms with Crippen molar-refractivity contribution in [1.82, 2.24) is 4.90 Å². The molecule has 1 aliphatic heterocycles. The van der Waals surface area contributed by atoms with Crippen LogP contribution in [0.5, 0.6) is 0 Å². The smallest absolute Gasteiger partial charge is 0.0936 e. The van der Waals surface area contributed by atoms with Gasteiger partial charge in [0.2, 0.25) is 0 Å². The fraction of sp³-hybridized carbons (Fsp3) is 1.00. The molecule has 2 aliphatic rings. The third-order valence-electron chi connectivity index (χ3n) is 2.84. The quantitative estimate of drug-likeness (QED) is 0.570. The van der Waals surface area contributed by atoms with Crippen LogP contribution in [0.2, 0.25) is 0 Å². The van der Waals surface area contributed by atoms with Gasteiger partial charge in [-0.05, 0) is 19.9 Å². The van der Waals surface area contributed by atoms with Crippen molar-refractivity contribution in [3.8, 4) is 0 Å². The predicted molar refractivity (Wildman–Crippen MR) is 44.6 cm³/mol. The van der Waals surface area contributed by atoms with Crippen molar-refractivity contribution in [2.45, 2.75) is 37.8 Å². The van der Waals surface area contributed by atoms with Crippen LogP contribution >= 0.6 is 0 Å². The minimum absolute atomic E-state index is 0.570. The minimum Gasteiger partial charge on any atom is -0.372 e. The first-order valence-electron chi connectivity index (χ1n) is 4.68. The lowest BCUT2D eigenvalue weighted by atomic mass is 10.2. The molecule has 2 heteroatoms. The largest absolute Gasteiger partial charge is 0.372 e. The van der Waals surface area contributed by atoms with Crippen LogP contribution in [0.25, 0.3) is 0 Å². The summed E-state index contributed by atoms with van der Waals surface area (Å²) in [6.45, 7) is 2.15. The van der Waals surface area contributed by atoms with Crippen LogP contribution in [-0.2, 0) is 4.74 Å². The molecule has 0 unspecified atom stereocenters. The summed E-state index contributed by atoms with van der Waals surface area (Å²) in [5.41, 5.74) is 0. The first-order valence-corrected chi connectivity index (χ1v) is 4.68. The van der Waals surface area contributed by atoms with E-state index in [0.717, 1.165) is 19.2 Å². The molecule has 0 aromatic rings. The summed E-state index contributed by atoms with van der Waals surface area (Å²) in [6.07, 6.45) is 6.24. The molecule has 64 valence electrons. The zero-order chi connectivity index (χ0) is 7.68. The second-order valence-corrected chi connectivity index (χ2v) is 3.83. The molecule has 0 amide bonds. The molecule has 1 aliphatic carbocycles. The lowest BCUT2D eigenvalue weighted by Crippen LogP contribution is -2.32. The van der Waals surface area contributed by atoms with E-state index in [1.165, 1.54) is 25.7 Å². The SMILES string of the molecule is CN(C[C@H]1CO1)C1CCCC1. The van der Waals surface area contributed by atoms with Crippen molar-refractivity contribution in [3.05, 3.63) is 0 Å². The Bertz CT molecular complexity index is 128. The Hall–Kier alpha value is -0.0800. The maximum atomic E-state index is 5.20. The Labute approximate surface area is 68.5 Å². The third-order valence-corrected chi connectivity index (χ3v) is 2.84. The summed E-state index contributed by atoms with van der Waals surface area (Å²) in [7, 11) is 2.23. The van der Waals surface area contributed by atoms with Crippen LogP contribution in [0.4, 0.5) is 0 Å². The first kappa shape index (κ1) is 7.56. The minimum atomic E-state index is 0.570. The van der Waals surface area contributed by atoms with Gasteiger partial charge in [-0.3, -0.25) is 0 Å². The first-order chi connectivity index (χ1) is 5.36. The zero-order valence-electron chi connectivity index (χ0n) is 7.25. The van der Waals surface area contributed by atoms with E-state index in [-0.39, 0.29) is 0 Å². The van der Waals surface area contributed by atoms with Crippen LogP contribution in [0.1, 0.15) is 25.7 Å². The van der Waals surface area contributed by atoms with Gasteiger partial charge in [-0.25, -0.2) is 0 Å². The molecule has 11 heavy (non-hydrogen) atoms. The number of nitrogens with zero attached hydrogens (tertiary/aromatic N) is 1. The van der Waals surface area contributed by atoms with Crippen molar-refractivity contribution >= 4 is 0 Å². The number of epoxide rings is 1. The van der Waals surface area contributed by atoms with Crippen molar-refractivity contribution < 1.29 is 4.74 Å². The zero-order valence-corrected chi connectivity index (χ0v) is 7.25. The van der Waals surface area contributed by atoms with Gasteiger partial charge >= 0.3 is 0 Å². The van der Waals surface area contributed by atoms with Gasteiger partial charge in [-0.1, -0.05) is 12.8 Å². The molecule has 0 radical (unpaired) electrons. The Kier molecular flexibility index (Phi) is 2.14. The second kappa shape index (κ2) is 3.11. The highest BCUT2D eigenvalue weighted by Gasteiger charge is 2.28. The van der Waals surface area contributed by atoms with Crippen LogP contribution in [-0.4, -0.2) is 37.2 Å². The Morgan fingerprint density at radius 3 is 2.55 bits per heavy atom. The van der Waals surface area contributed by atoms with E-state index < -0.39 is 0 Å². The fourth-order valence-electron chi connectivity index (χ4n) is 1.99. The fourth-order valence-corrected chi connectivity index (χ4v) is 1.99. The number of hydrogen-bond acceptors (Lipinski definition) is 2. The van der Waals surface area contributed by atoms with Gasteiger partial charge < -0.3 is 9.64 Å². The van der Waals surface area contributed by atoms with E-state index in [4.69, 9.17) is 4.74 Å². The van der Waals surface area contributed by atoms with Crippen molar-refractivity contribution in [2.75, 3.05) is 20.2 Å². The molecule has 2 nitrogen and oxygen atoms in total. The molecule has 0 N–H and O–H groups in total. The van der Waals surface area contributed by atoms with E-state index in [2.05, 4.69) is 11.9 Å². The van der Waals surface area contributed by atoms with Crippen LogP contribution in [0, 0.1) is 0 Å². The van der Waals surface area contributed by atoms with Gasteiger partial charge in [0.15, 0.2) is 0 Å². The summed E-state index contributed by atoms with van der Waals surface area (Å²) in [5, 5.41) is 0. The van der Waals surface area contributed by atoms with Crippen LogP contribution < -0.4 is 0 Å². The van der Waals surface area contributed by atoms with E-state index >= 15 is 0 Å². The van der Waals surface area contributed by atoms with Gasteiger partial charge in [-0.2, -0.15) is 0 Å². The number of likely N-dealkylation sites (N-methyl/N-ethyl adjacent to an activating group) is 1. The predicted octanol–water partition coefficient (Wildman–Crippen LogP) is 1.26. The average Bonchev–Trinajstić information content (AvgIpc) is 2.67. The standard InChI is InChI=1S/C9H17NO/c1-10(6-9-7-11-9)8-4-2-3-5-8/h8-9H,2-7H2,1H3/t9-/m0/s1. The molecular formula is C9H17NO. The Morgan fingerprint density at radius 1 is 1.36 bits per heavy atom. The van der Waals surface area contributed by atoms with Crippen molar-refractivity contribution in [2.24, 2.45) is 0 Å². The van der Waals surface area contributed by atoms with Gasteiger partial charge in [0, 0.05) is 12.6 Å². The van der Waals surface area contributed by atoms with Gasteiger partial charge in [0.25, 0.3) is 0 Å². The lowest BCUT2D eigenvalue weighted by molar-refractivity contribution is 0.220. The van der Waals surface area contributed by atoms with E-state index in [0.29, 0.717) is 6.10 Å². The summed E-state index contributed by atoms with van der Waals surface area (Å²) >= 11 is 0. The number of hydrogen-bond donors (Lipinski definition) is 0. The maximum absolute atomic E-state index is 5.20. The molecule has 2 rings (SSSR count). The molecule has 0 aromatic carbocycles. The highest BCUT2D eigenvalue weighted by Crippen LogP contribution is 2.23. The van der Waals surface area contributed by atoms with Gasteiger partial charge in [0.05, 0.1) is 12.7 Å². The molecule has 1 heterocycles. The van der Waals surface area contributed by atoms with Crippen LogP contribution in [0.15, 0.2) is 0 Å². The normalized spacial score (nSPS) is 31.6. The summed E-state index contributed by atoms with van der Waals surface area (Å²) in [5.74, 6) is 0. The second-order valence-electron chi connectivity index (χ2n) is 3.83. The van der Waals surface area contributed by atoms with Crippen molar-refractivity contribution in [1.29, 1.82) is 0 Å². The Balaban J connectivity index is 1.73. The number of rotatable bonds is 3. The third kappa shape index (κ3) is 1.94.